The summed E-state index contributed by atoms with van der Waals surface area (Å²) < 4.78 is 0. The van der Waals surface area contributed by atoms with E-state index in [1.54, 1.807) is 5.56 Å². The van der Waals surface area contributed by atoms with Crippen LogP contribution in [0.2, 0.25) is 0 Å². The maximum atomic E-state index is 3.53. The summed E-state index contributed by atoms with van der Waals surface area (Å²) in [4.78, 5) is 0. The van der Waals surface area contributed by atoms with E-state index in [0.29, 0.717) is 5.41 Å². The first-order valence-corrected chi connectivity index (χ1v) is 5.43. The van der Waals surface area contributed by atoms with E-state index in [0.717, 1.165) is 13.0 Å². The molecule has 2 rings (SSSR count). The van der Waals surface area contributed by atoms with Crippen LogP contribution in [-0.4, -0.2) is 6.54 Å². The Morgan fingerprint density at radius 2 is 2.07 bits per heavy atom. The molecule has 0 amide bonds. The molecule has 0 unspecified atom stereocenters. The molecule has 76 valence electrons. The lowest BCUT2D eigenvalue weighted by molar-refractivity contribution is 0.580. The van der Waals surface area contributed by atoms with Crippen LogP contribution >= 0.6 is 0 Å². The molecule has 0 bridgehead atoms. The van der Waals surface area contributed by atoms with Crippen LogP contribution in [0.25, 0.3) is 0 Å². The van der Waals surface area contributed by atoms with Crippen LogP contribution in [0.5, 0.6) is 0 Å². The number of aryl methyl sites for hydroxylation is 2. The Labute approximate surface area is 86.5 Å². The summed E-state index contributed by atoms with van der Waals surface area (Å²) >= 11 is 0. The first-order valence-electron chi connectivity index (χ1n) is 5.43. The lowest BCUT2D eigenvalue weighted by Gasteiger charge is -2.20. The number of anilines is 1. The highest BCUT2D eigenvalue weighted by atomic mass is 14.9. The fourth-order valence-electron chi connectivity index (χ4n) is 2.44. The van der Waals surface area contributed by atoms with Crippen molar-refractivity contribution < 1.29 is 0 Å². The Morgan fingerprint density at radius 1 is 1.36 bits per heavy atom. The predicted octanol–water partition coefficient (Wildman–Crippen LogP) is 3.26. The third kappa shape index (κ3) is 1.23. The van der Waals surface area contributed by atoms with E-state index >= 15 is 0 Å². The quantitative estimate of drug-likeness (QED) is 0.715. The van der Waals surface area contributed by atoms with Gasteiger partial charge < -0.3 is 5.32 Å². The van der Waals surface area contributed by atoms with Crippen molar-refractivity contribution in [2.45, 2.75) is 39.5 Å². The molecule has 1 heterocycles. The second kappa shape index (κ2) is 3.01. The molecular weight excluding hydrogens is 170 g/mol. The minimum Gasteiger partial charge on any atom is -0.384 e. The van der Waals surface area contributed by atoms with Gasteiger partial charge in [0.15, 0.2) is 0 Å². The third-order valence-corrected chi connectivity index (χ3v) is 3.26. The normalized spacial score (nSPS) is 17.7. The predicted molar refractivity (Wildman–Crippen MR) is 62.1 cm³/mol. The highest BCUT2D eigenvalue weighted by molar-refractivity contribution is 5.67. The SMILES string of the molecule is CCc1ccc(C)c2c1C(C)(C)CN2. The van der Waals surface area contributed by atoms with Gasteiger partial charge in [0.25, 0.3) is 0 Å². The minimum absolute atomic E-state index is 0.298. The zero-order chi connectivity index (χ0) is 10.3. The molecule has 1 heteroatoms. The summed E-state index contributed by atoms with van der Waals surface area (Å²) in [5, 5.41) is 3.53. The third-order valence-electron chi connectivity index (χ3n) is 3.26. The number of fused-ring (bicyclic) bond motifs is 1. The van der Waals surface area contributed by atoms with Gasteiger partial charge in [0.05, 0.1) is 0 Å². The Hall–Kier alpha value is -0.980. The maximum absolute atomic E-state index is 3.53. The van der Waals surface area contributed by atoms with Gasteiger partial charge in [-0.2, -0.15) is 0 Å². The van der Waals surface area contributed by atoms with Crippen molar-refractivity contribution in [3.8, 4) is 0 Å². The molecule has 0 aromatic heterocycles. The fraction of sp³-hybridized carbons (Fsp3) is 0.538. The van der Waals surface area contributed by atoms with Crippen LogP contribution in [0.15, 0.2) is 12.1 Å². The molecule has 14 heavy (non-hydrogen) atoms. The average molecular weight is 189 g/mol. The molecular formula is C13H19N. The molecule has 1 aromatic rings. The van der Waals surface area contributed by atoms with Gasteiger partial charge in [-0.25, -0.2) is 0 Å². The van der Waals surface area contributed by atoms with Crippen molar-refractivity contribution in [3.63, 3.8) is 0 Å². The maximum Gasteiger partial charge on any atom is 0.0411 e. The largest absolute Gasteiger partial charge is 0.384 e. The van der Waals surface area contributed by atoms with E-state index in [1.165, 1.54) is 16.8 Å². The van der Waals surface area contributed by atoms with Crippen molar-refractivity contribution in [1.29, 1.82) is 0 Å². The Bertz CT molecular complexity index is 364. The molecule has 1 N–H and O–H groups in total. The van der Waals surface area contributed by atoms with Gasteiger partial charge in [-0.3, -0.25) is 0 Å². The van der Waals surface area contributed by atoms with E-state index in [2.05, 4.69) is 45.1 Å². The first-order chi connectivity index (χ1) is 6.56. The van der Waals surface area contributed by atoms with Crippen LogP contribution in [0.1, 0.15) is 37.5 Å². The average Bonchev–Trinajstić information content (AvgIpc) is 2.45. The highest BCUT2D eigenvalue weighted by Gasteiger charge is 2.32. The smallest absolute Gasteiger partial charge is 0.0411 e. The lowest BCUT2D eigenvalue weighted by atomic mass is 9.82. The van der Waals surface area contributed by atoms with Crippen LogP contribution in [0.4, 0.5) is 5.69 Å². The standard InChI is InChI=1S/C13H19N/c1-5-10-7-6-9(2)12-11(10)13(3,4)8-14-12/h6-7,14H,5,8H2,1-4H3. The van der Waals surface area contributed by atoms with E-state index in [9.17, 15) is 0 Å². The van der Waals surface area contributed by atoms with Gasteiger partial charge in [0.2, 0.25) is 0 Å². The van der Waals surface area contributed by atoms with Crippen LogP contribution in [0, 0.1) is 6.92 Å². The van der Waals surface area contributed by atoms with Crippen molar-refractivity contribution >= 4 is 5.69 Å². The van der Waals surface area contributed by atoms with Gasteiger partial charge in [0, 0.05) is 17.6 Å². The Morgan fingerprint density at radius 3 is 2.71 bits per heavy atom. The molecule has 0 radical (unpaired) electrons. The summed E-state index contributed by atoms with van der Waals surface area (Å²) in [6.07, 6.45) is 1.13. The summed E-state index contributed by atoms with van der Waals surface area (Å²) in [5.74, 6) is 0. The van der Waals surface area contributed by atoms with E-state index in [-0.39, 0.29) is 0 Å². The lowest BCUT2D eigenvalue weighted by Crippen LogP contribution is -2.20. The molecule has 0 aliphatic carbocycles. The Balaban J connectivity index is 2.66. The van der Waals surface area contributed by atoms with Gasteiger partial charge >= 0.3 is 0 Å². The zero-order valence-electron chi connectivity index (χ0n) is 9.57. The van der Waals surface area contributed by atoms with E-state index in [1.807, 2.05) is 0 Å². The molecule has 1 aromatic carbocycles. The van der Waals surface area contributed by atoms with Gasteiger partial charge in [0.1, 0.15) is 0 Å². The summed E-state index contributed by atoms with van der Waals surface area (Å²) in [5.41, 5.74) is 6.10. The van der Waals surface area contributed by atoms with Crippen molar-refractivity contribution in [3.05, 3.63) is 28.8 Å². The van der Waals surface area contributed by atoms with E-state index in [4.69, 9.17) is 0 Å². The molecule has 1 aliphatic rings. The number of hydrogen-bond acceptors (Lipinski definition) is 1. The Kier molecular flexibility index (Phi) is 2.06. The number of hydrogen-bond donors (Lipinski definition) is 1. The minimum atomic E-state index is 0.298. The van der Waals surface area contributed by atoms with Crippen LogP contribution in [-0.2, 0) is 11.8 Å². The van der Waals surface area contributed by atoms with Crippen LogP contribution in [0.3, 0.4) is 0 Å². The number of rotatable bonds is 1. The second-order valence-electron chi connectivity index (χ2n) is 4.88. The molecule has 0 spiro atoms. The zero-order valence-corrected chi connectivity index (χ0v) is 9.57. The van der Waals surface area contributed by atoms with Crippen molar-refractivity contribution in [2.24, 2.45) is 0 Å². The summed E-state index contributed by atoms with van der Waals surface area (Å²) in [7, 11) is 0. The highest BCUT2D eigenvalue weighted by Crippen LogP contribution is 2.40. The molecule has 1 aliphatic heterocycles. The molecule has 0 saturated heterocycles. The monoisotopic (exact) mass is 189 g/mol. The molecule has 0 fully saturated rings. The fourth-order valence-corrected chi connectivity index (χ4v) is 2.44. The number of benzene rings is 1. The van der Waals surface area contributed by atoms with Crippen molar-refractivity contribution in [2.75, 3.05) is 11.9 Å². The van der Waals surface area contributed by atoms with Crippen LogP contribution < -0.4 is 5.32 Å². The molecule has 1 nitrogen and oxygen atoms in total. The second-order valence-corrected chi connectivity index (χ2v) is 4.88. The summed E-state index contributed by atoms with van der Waals surface area (Å²) in [6, 6.07) is 4.51. The van der Waals surface area contributed by atoms with Gasteiger partial charge in [-0.05, 0) is 30.0 Å². The molecule has 0 saturated carbocycles. The molecule has 0 atom stereocenters. The topological polar surface area (TPSA) is 12.0 Å². The number of nitrogens with one attached hydrogen (secondary N) is 1. The summed E-state index contributed by atoms with van der Waals surface area (Å²) in [6.45, 7) is 10.1. The van der Waals surface area contributed by atoms with Gasteiger partial charge in [-0.1, -0.05) is 32.9 Å². The van der Waals surface area contributed by atoms with Gasteiger partial charge in [-0.15, -0.1) is 0 Å². The first kappa shape index (κ1) is 9.57. The van der Waals surface area contributed by atoms with Crippen molar-refractivity contribution in [1.82, 2.24) is 0 Å². The van der Waals surface area contributed by atoms with E-state index < -0.39 is 0 Å².